The SMILES string of the molecule is CC1CCN(C(N)=NCC(O)c2ccccc2Cl)CC1. The number of nitrogens with two attached hydrogens (primary N) is 1. The fraction of sp³-hybridized carbons (Fsp3) is 0.533. The summed E-state index contributed by atoms with van der Waals surface area (Å²) in [5, 5.41) is 10.7. The van der Waals surface area contributed by atoms with E-state index in [4.69, 9.17) is 17.3 Å². The van der Waals surface area contributed by atoms with Crippen molar-refractivity contribution in [3.8, 4) is 0 Å². The van der Waals surface area contributed by atoms with E-state index in [-0.39, 0.29) is 6.54 Å². The van der Waals surface area contributed by atoms with Crippen molar-refractivity contribution < 1.29 is 5.11 Å². The number of rotatable bonds is 3. The smallest absolute Gasteiger partial charge is 0.191 e. The minimum Gasteiger partial charge on any atom is -0.386 e. The van der Waals surface area contributed by atoms with Gasteiger partial charge in [-0.2, -0.15) is 0 Å². The average Bonchev–Trinajstić information content (AvgIpc) is 2.45. The van der Waals surface area contributed by atoms with E-state index in [1.54, 1.807) is 12.1 Å². The molecule has 1 unspecified atom stereocenters. The molecule has 5 heteroatoms. The Hall–Kier alpha value is -1.26. The molecule has 0 saturated carbocycles. The minimum absolute atomic E-state index is 0.238. The molecule has 1 aliphatic heterocycles. The second kappa shape index (κ2) is 6.95. The van der Waals surface area contributed by atoms with Crippen LogP contribution in [0.5, 0.6) is 0 Å². The second-order valence-corrected chi connectivity index (χ2v) is 5.81. The first kappa shape index (κ1) is 15.1. The minimum atomic E-state index is -0.717. The number of aliphatic imine (C=N–C) groups is 1. The maximum atomic E-state index is 10.1. The van der Waals surface area contributed by atoms with E-state index in [1.165, 1.54) is 0 Å². The Morgan fingerprint density at radius 2 is 2.10 bits per heavy atom. The molecule has 1 aliphatic rings. The molecule has 110 valence electrons. The largest absolute Gasteiger partial charge is 0.386 e. The zero-order valence-electron chi connectivity index (χ0n) is 11.8. The fourth-order valence-corrected chi connectivity index (χ4v) is 2.62. The average molecular weight is 296 g/mol. The molecular formula is C15H22ClN3O. The molecule has 1 heterocycles. The third-order valence-electron chi connectivity index (χ3n) is 3.80. The summed E-state index contributed by atoms with van der Waals surface area (Å²) in [6.45, 7) is 4.38. The highest BCUT2D eigenvalue weighted by Crippen LogP contribution is 2.22. The van der Waals surface area contributed by atoms with Crippen LogP contribution in [-0.4, -0.2) is 35.6 Å². The molecule has 0 amide bonds. The normalized spacial score (nSPS) is 19.1. The molecule has 4 nitrogen and oxygen atoms in total. The van der Waals surface area contributed by atoms with Gasteiger partial charge in [0.1, 0.15) is 6.10 Å². The van der Waals surface area contributed by atoms with Crippen LogP contribution in [0.25, 0.3) is 0 Å². The quantitative estimate of drug-likeness (QED) is 0.665. The molecule has 3 N–H and O–H groups in total. The van der Waals surface area contributed by atoms with Crippen LogP contribution in [0.4, 0.5) is 0 Å². The third kappa shape index (κ3) is 3.87. The van der Waals surface area contributed by atoms with Gasteiger partial charge in [0.15, 0.2) is 5.96 Å². The Balaban J connectivity index is 1.93. The van der Waals surface area contributed by atoms with Gasteiger partial charge in [0.25, 0.3) is 0 Å². The predicted octanol–water partition coefficient (Wildman–Crippen LogP) is 2.42. The topological polar surface area (TPSA) is 61.8 Å². The molecule has 0 aliphatic carbocycles. The molecule has 20 heavy (non-hydrogen) atoms. The summed E-state index contributed by atoms with van der Waals surface area (Å²) in [7, 11) is 0. The maximum Gasteiger partial charge on any atom is 0.191 e. The van der Waals surface area contributed by atoms with Crippen LogP contribution in [0.15, 0.2) is 29.3 Å². The molecule has 0 spiro atoms. The van der Waals surface area contributed by atoms with E-state index in [0.717, 1.165) is 31.8 Å². The zero-order chi connectivity index (χ0) is 14.5. The number of hydrogen-bond donors (Lipinski definition) is 2. The highest BCUT2D eigenvalue weighted by atomic mass is 35.5. The number of hydrogen-bond acceptors (Lipinski definition) is 2. The molecule has 1 saturated heterocycles. The van der Waals surface area contributed by atoms with Gasteiger partial charge in [-0.05, 0) is 24.8 Å². The molecular weight excluding hydrogens is 274 g/mol. The number of halogens is 1. The van der Waals surface area contributed by atoms with Gasteiger partial charge in [-0.25, -0.2) is 0 Å². The second-order valence-electron chi connectivity index (χ2n) is 5.41. The van der Waals surface area contributed by atoms with Crippen LogP contribution in [0.3, 0.4) is 0 Å². The van der Waals surface area contributed by atoms with Gasteiger partial charge in [0, 0.05) is 23.7 Å². The van der Waals surface area contributed by atoms with E-state index in [2.05, 4.69) is 16.8 Å². The van der Waals surface area contributed by atoms with E-state index in [9.17, 15) is 5.11 Å². The molecule has 0 aromatic heterocycles. The van der Waals surface area contributed by atoms with E-state index >= 15 is 0 Å². The molecule has 2 rings (SSSR count). The van der Waals surface area contributed by atoms with Gasteiger partial charge >= 0.3 is 0 Å². The molecule has 0 bridgehead atoms. The summed E-state index contributed by atoms with van der Waals surface area (Å²) in [6.07, 6.45) is 1.57. The van der Waals surface area contributed by atoms with Crippen LogP contribution in [0.1, 0.15) is 31.4 Å². The monoisotopic (exact) mass is 295 g/mol. The van der Waals surface area contributed by atoms with Crippen molar-refractivity contribution in [2.75, 3.05) is 19.6 Å². The van der Waals surface area contributed by atoms with Crippen LogP contribution in [-0.2, 0) is 0 Å². The van der Waals surface area contributed by atoms with Crippen LogP contribution in [0, 0.1) is 5.92 Å². The van der Waals surface area contributed by atoms with Crippen molar-refractivity contribution >= 4 is 17.6 Å². The van der Waals surface area contributed by atoms with Gasteiger partial charge in [-0.3, -0.25) is 4.99 Å². The molecule has 1 aromatic carbocycles. The fourth-order valence-electron chi connectivity index (χ4n) is 2.36. The van der Waals surface area contributed by atoms with E-state index in [0.29, 0.717) is 16.5 Å². The number of nitrogens with zero attached hydrogens (tertiary/aromatic N) is 2. The van der Waals surface area contributed by atoms with Crippen molar-refractivity contribution in [3.05, 3.63) is 34.9 Å². The number of aliphatic hydroxyl groups is 1. The number of piperidine rings is 1. The molecule has 1 atom stereocenters. The number of likely N-dealkylation sites (tertiary alicyclic amines) is 1. The Labute approximate surface area is 125 Å². The van der Waals surface area contributed by atoms with Gasteiger partial charge < -0.3 is 15.7 Å². The highest BCUT2D eigenvalue weighted by molar-refractivity contribution is 6.31. The van der Waals surface area contributed by atoms with Gasteiger partial charge in [0.2, 0.25) is 0 Å². The Kier molecular flexibility index (Phi) is 5.26. The molecule has 1 fully saturated rings. The summed E-state index contributed by atoms with van der Waals surface area (Å²) >= 11 is 6.05. The molecule has 0 radical (unpaired) electrons. The summed E-state index contributed by atoms with van der Waals surface area (Å²) in [4.78, 5) is 6.38. The van der Waals surface area contributed by atoms with Crippen LogP contribution < -0.4 is 5.73 Å². The molecule has 1 aromatic rings. The Bertz CT molecular complexity index is 470. The lowest BCUT2D eigenvalue weighted by atomic mass is 10.00. The van der Waals surface area contributed by atoms with Crippen molar-refractivity contribution in [3.63, 3.8) is 0 Å². The number of benzene rings is 1. The van der Waals surface area contributed by atoms with Crippen LogP contribution in [0.2, 0.25) is 5.02 Å². The van der Waals surface area contributed by atoms with Crippen molar-refractivity contribution in [1.29, 1.82) is 0 Å². The first-order valence-corrected chi connectivity index (χ1v) is 7.43. The summed E-state index contributed by atoms with van der Waals surface area (Å²) in [6, 6.07) is 7.26. The van der Waals surface area contributed by atoms with E-state index in [1.807, 2.05) is 12.1 Å². The van der Waals surface area contributed by atoms with Crippen molar-refractivity contribution in [1.82, 2.24) is 4.90 Å². The lowest BCUT2D eigenvalue weighted by molar-refractivity contribution is 0.186. The lowest BCUT2D eigenvalue weighted by Crippen LogP contribution is -2.42. The van der Waals surface area contributed by atoms with Gasteiger partial charge in [0.05, 0.1) is 6.54 Å². The maximum absolute atomic E-state index is 10.1. The first-order chi connectivity index (χ1) is 9.58. The summed E-state index contributed by atoms with van der Waals surface area (Å²) in [5.41, 5.74) is 6.68. The third-order valence-corrected chi connectivity index (χ3v) is 4.14. The standard InChI is InChI=1S/C15H22ClN3O/c1-11-6-8-19(9-7-11)15(17)18-10-14(20)12-4-2-3-5-13(12)16/h2-5,11,14,20H,6-10H2,1H3,(H2,17,18). The lowest BCUT2D eigenvalue weighted by Gasteiger charge is -2.31. The first-order valence-electron chi connectivity index (χ1n) is 7.05. The predicted molar refractivity (Wildman–Crippen MR) is 82.9 cm³/mol. The van der Waals surface area contributed by atoms with Crippen molar-refractivity contribution in [2.24, 2.45) is 16.6 Å². The van der Waals surface area contributed by atoms with Gasteiger partial charge in [-0.1, -0.05) is 36.7 Å². The number of aliphatic hydroxyl groups excluding tert-OH is 1. The summed E-state index contributed by atoms with van der Waals surface area (Å²) in [5.74, 6) is 1.27. The summed E-state index contributed by atoms with van der Waals surface area (Å²) < 4.78 is 0. The van der Waals surface area contributed by atoms with Crippen molar-refractivity contribution in [2.45, 2.75) is 25.9 Å². The van der Waals surface area contributed by atoms with E-state index < -0.39 is 6.10 Å². The van der Waals surface area contributed by atoms with Gasteiger partial charge in [-0.15, -0.1) is 0 Å². The zero-order valence-corrected chi connectivity index (χ0v) is 12.6. The number of guanidine groups is 1. The Morgan fingerprint density at radius 3 is 2.75 bits per heavy atom. The van der Waals surface area contributed by atoms with Crippen LogP contribution >= 0.6 is 11.6 Å². The highest BCUT2D eigenvalue weighted by Gasteiger charge is 2.17. The Morgan fingerprint density at radius 1 is 1.45 bits per heavy atom.